The van der Waals surface area contributed by atoms with Crippen molar-refractivity contribution in [2.75, 3.05) is 0 Å². The number of carbonyl (C=O) groups excluding carboxylic acids is 2. The van der Waals surface area contributed by atoms with Crippen molar-refractivity contribution in [3.8, 4) is 0 Å². The van der Waals surface area contributed by atoms with E-state index in [1.165, 1.54) is 0 Å². The summed E-state index contributed by atoms with van der Waals surface area (Å²) in [4.78, 5) is 29.4. The Morgan fingerprint density at radius 3 is 2.10 bits per heavy atom. The van der Waals surface area contributed by atoms with Crippen molar-refractivity contribution in [1.82, 2.24) is 4.98 Å². The fraction of sp³-hybridized carbons (Fsp3) is 0.235. The predicted octanol–water partition coefficient (Wildman–Crippen LogP) is 3.15. The molecule has 1 heterocycles. The van der Waals surface area contributed by atoms with E-state index in [9.17, 15) is 9.59 Å². The van der Waals surface area contributed by atoms with Gasteiger partial charge in [-0.05, 0) is 17.0 Å². The Morgan fingerprint density at radius 2 is 1.50 bits per heavy atom. The summed E-state index contributed by atoms with van der Waals surface area (Å²) in [5, 5.41) is 0. The summed E-state index contributed by atoms with van der Waals surface area (Å²) in [6, 6.07) is 8.77. The van der Waals surface area contributed by atoms with E-state index in [0.717, 1.165) is 5.56 Å². The molecule has 100 valence electrons. The molecule has 0 saturated heterocycles. The second kappa shape index (κ2) is 4.10. The van der Waals surface area contributed by atoms with Gasteiger partial charge in [0, 0.05) is 17.3 Å². The molecule has 0 aliphatic heterocycles. The zero-order valence-corrected chi connectivity index (χ0v) is 11.7. The Labute approximate surface area is 117 Å². The van der Waals surface area contributed by atoms with Gasteiger partial charge >= 0.3 is 0 Å². The summed E-state index contributed by atoms with van der Waals surface area (Å²) >= 11 is 0. The molecule has 2 aromatic rings. The molecule has 0 spiro atoms. The number of fused-ring (bicyclic) bond motifs is 2. The molecule has 1 aliphatic carbocycles. The monoisotopic (exact) mass is 265 g/mol. The minimum atomic E-state index is -0.213. The van der Waals surface area contributed by atoms with E-state index in [0.29, 0.717) is 16.7 Å². The lowest BCUT2D eigenvalue weighted by Crippen LogP contribution is -2.27. The molecule has 1 aliphatic rings. The lowest BCUT2D eigenvalue weighted by molar-refractivity contribution is 0.0973. The quantitative estimate of drug-likeness (QED) is 0.627. The molecule has 0 bridgehead atoms. The van der Waals surface area contributed by atoms with Crippen LogP contribution in [0.25, 0.3) is 0 Å². The van der Waals surface area contributed by atoms with E-state index in [-0.39, 0.29) is 22.7 Å². The first-order valence-corrected chi connectivity index (χ1v) is 6.59. The summed E-state index contributed by atoms with van der Waals surface area (Å²) in [5.41, 5.74) is 2.32. The summed E-state index contributed by atoms with van der Waals surface area (Å²) in [6.45, 7) is 6.09. The SMILES string of the molecule is CC(C)(C)c1ccnc2c1C(=O)c1ccccc1C2=O. The Kier molecular flexibility index (Phi) is 2.61. The lowest BCUT2D eigenvalue weighted by Gasteiger charge is -2.26. The number of nitrogens with zero attached hydrogens (tertiary/aromatic N) is 1. The topological polar surface area (TPSA) is 47.0 Å². The zero-order chi connectivity index (χ0) is 14.5. The minimum Gasteiger partial charge on any atom is -0.288 e. The average molecular weight is 265 g/mol. The summed E-state index contributed by atoms with van der Waals surface area (Å²) in [7, 11) is 0. The normalized spacial score (nSPS) is 13.9. The first-order valence-electron chi connectivity index (χ1n) is 6.59. The first kappa shape index (κ1) is 12.7. The molecule has 1 aromatic heterocycles. The van der Waals surface area contributed by atoms with Crippen molar-refractivity contribution >= 4 is 11.6 Å². The molecule has 0 fully saturated rings. The third-order valence-electron chi connectivity index (χ3n) is 3.62. The highest BCUT2D eigenvalue weighted by Crippen LogP contribution is 2.33. The van der Waals surface area contributed by atoms with Crippen LogP contribution in [0.2, 0.25) is 0 Å². The van der Waals surface area contributed by atoms with Gasteiger partial charge in [-0.1, -0.05) is 45.0 Å². The molecule has 0 saturated carbocycles. The highest BCUT2D eigenvalue weighted by Gasteiger charge is 2.34. The number of hydrogen-bond donors (Lipinski definition) is 0. The third kappa shape index (κ3) is 1.70. The minimum absolute atomic E-state index is 0.103. The van der Waals surface area contributed by atoms with Crippen molar-refractivity contribution < 1.29 is 9.59 Å². The molecular formula is C17H15NO2. The van der Waals surface area contributed by atoms with Crippen LogP contribution in [0, 0.1) is 0 Å². The van der Waals surface area contributed by atoms with Crippen molar-refractivity contribution in [3.05, 3.63) is 64.5 Å². The molecule has 0 radical (unpaired) electrons. The molecule has 3 heteroatoms. The summed E-state index contributed by atoms with van der Waals surface area (Å²) < 4.78 is 0. The maximum Gasteiger partial charge on any atom is 0.212 e. The van der Waals surface area contributed by atoms with Crippen LogP contribution >= 0.6 is 0 Å². The van der Waals surface area contributed by atoms with E-state index >= 15 is 0 Å². The maximum absolute atomic E-state index is 12.7. The molecule has 1 aromatic carbocycles. The predicted molar refractivity (Wildman–Crippen MR) is 76.2 cm³/mol. The Hall–Kier alpha value is -2.29. The number of hydrogen-bond acceptors (Lipinski definition) is 3. The fourth-order valence-corrected chi connectivity index (χ4v) is 2.63. The van der Waals surface area contributed by atoms with Crippen molar-refractivity contribution in [2.45, 2.75) is 26.2 Å². The smallest absolute Gasteiger partial charge is 0.212 e. The Balaban J connectivity index is 2.34. The highest BCUT2D eigenvalue weighted by molar-refractivity contribution is 6.28. The van der Waals surface area contributed by atoms with E-state index in [4.69, 9.17) is 0 Å². The number of benzene rings is 1. The van der Waals surface area contributed by atoms with Crippen LogP contribution in [0.5, 0.6) is 0 Å². The van der Waals surface area contributed by atoms with Gasteiger partial charge in [0.15, 0.2) is 5.78 Å². The van der Waals surface area contributed by atoms with Gasteiger partial charge in [0.25, 0.3) is 0 Å². The van der Waals surface area contributed by atoms with Crippen LogP contribution in [0.4, 0.5) is 0 Å². The lowest BCUT2D eigenvalue weighted by atomic mass is 9.77. The van der Waals surface area contributed by atoms with Gasteiger partial charge in [0.05, 0.1) is 5.56 Å². The van der Waals surface area contributed by atoms with Crippen LogP contribution in [0.1, 0.15) is 58.3 Å². The van der Waals surface area contributed by atoms with E-state index in [2.05, 4.69) is 4.98 Å². The van der Waals surface area contributed by atoms with Crippen LogP contribution in [0.3, 0.4) is 0 Å². The van der Waals surface area contributed by atoms with Crippen molar-refractivity contribution in [1.29, 1.82) is 0 Å². The number of rotatable bonds is 0. The third-order valence-corrected chi connectivity index (χ3v) is 3.62. The van der Waals surface area contributed by atoms with Crippen LogP contribution in [0.15, 0.2) is 36.5 Å². The molecular weight excluding hydrogens is 250 g/mol. The van der Waals surface area contributed by atoms with Gasteiger partial charge in [-0.3, -0.25) is 14.6 Å². The molecule has 3 nitrogen and oxygen atoms in total. The van der Waals surface area contributed by atoms with Crippen LogP contribution in [-0.2, 0) is 5.41 Å². The Bertz CT molecular complexity index is 739. The average Bonchev–Trinajstić information content (AvgIpc) is 2.43. The summed E-state index contributed by atoms with van der Waals surface area (Å²) in [5.74, 6) is -0.269. The molecule has 20 heavy (non-hydrogen) atoms. The molecule has 0 N–H and O–H groups in total. The van der Waals surface area contributed by atoms with Crippen molar-refractivity contribution in [3.63, 3.8) is 0 Å². The number of aromatic nitrogens is 1. The van der Waals surface area contributed by atoms with Gasteiger partial charge in [-0.15, -0.1) is 0 Å². The number of pyridine rings is 1. The molecule has 0 amide bonds. The van der Waals surface area contributed by atoms with E-state index in [1.807, 2.05) is 26.8 Å². The fourth-order valence-electron chi connectivity index (χ4n) is 2.63. The van der Waals surface area contributed by atoms with Gasteiger partial charge in [0.2, 0.25) is 5.78 Å². The molecule has 0 atom stereocenters. The van der Waals surface area contributed by atoms with E-state index in [1.54, 1.807) is 30.5 Å². The summed E-state index contributed by atoms with van der Waals surface area (Å²) in [6.07, 6.45) is 1.61. The standard InChI is InChI=1S/C17H15NO2/c1-17(2,3)12-8-9-18-14-13(12)15(19)10-6-4-5-7-11(10)16(14)20/h4-9H,1-3H3. The van der Waals surface area contributed by atoms with Crippen LogP contribution < -0.4 is 0 Å². The van der Waals surface area contributed by atoms with Gasteiger partial charge in [-0.2, -0.15) is 0 Å². The second-order valence-corrected chi connectivity index (χ2v) is 6.04. The zero-order valence-electron chi connectivity index (χ0n) is 11.7. The van der Waals surface area contributed by atoms with Gasteiger partial charge < -0.3 is 0 Å². The Morgan fingerprint density at radius 1 is 0.900 bits per heavy atom. The van der Waals surface area contributed by atoms with Crippen molar-refractivity contribution in [2.24, 2.45) is 0 Å². The number of ketones is 2. The maximum atomic E-state index is 12.7. The second-order valence-electron chi connectivity index (χ2n) is 6.04. The molecule has 3 rings (SSSR count). The first-order chi connectivity index (χ1) is 9.41. The molecule has 0 unspecified atom stereocenters. The van der Waals surface area contributed by atoms with E-state index < -0.39 is 0 Å². The number of carbonyl (C=O) groups is 2. The van der Waals surface area contributed by atoms with Gasteiger partial charge in [-0.25, -0.2) is 0 Å². The highest BCUT2D eigenvalue weighted by atomic mass is 16.1. The van der Waals surface area contributed by atoms with Gasteiger partial charge in [0.1, 0.15) is 5.69 Å². The van der Waals surface area contributed by atoms with Crippen LogP contribution in [-0.4, -0.2) is 16.6 Å². The largest absolute Gasteiger partial charge is 0.288 e.